The molecule has 0 spiro atoms. The van der Waals surface area contributed by atoms with E-state index in [4.69, 9.17) is 9.84 Å². The molecule has 1 unspecified atom stereocenters. The molecule has 0 radical (unpaired) electrons. The Kier molecular flexibility index (Phi) is 5.46. The highest BCUT2D eigenvalue weighted by atomic mass is 32.2. The van der Waals surface area contributed by atoms with Crippen LogP contribution < -0.4 is 4.74 Å². The molecule has 158 valence electrons. The molecule has 1 aliphatic heterocycles. The van der Waals surface area contributed by atoms with Gasteiger partial charge in [-0.15, -0.1) is 10.2 Å². The summed E-state index contributed by atoms with van der Waals surface area (Å²) in [5.41, 5.74) is 2.99. The normalized spacial score (nSPS) is 18.2. The fraction of sp³-hybridized carbons (Fsp3) is 0.304. The van der Waals surface area contributed by atoms with Gasteiger partial charge in [0, 0.05) is 12.5 Å². The third-order valence-electron chi connectivity index (χ3n) is 5.58. The SMILES string of the molecule is COc1ccc(C2CC(c3ccccc3)=NN2C(=O)CSc2nncn2C2CC2)cc1. The molecule has 7 nitrogen and oxygen atoms in total. The summed E-state index contributed by atoms with van der Waals surface area (Å²) in [5, 5.41) is 15.4. The number of ether oxygens (including phenoxy) is 1. The summed E-state index contributed by atoms with van der Waals surface area (Å²) in [4.78, 5) is 13.2. The molecule has 1 atom stereocenters. The number of nitrogens with zero attached hydrogens (tertiary/aromatic N) is 5. The van der Waals surface area contributed by atoms with Crippen molar-refractivity contribution in [2.24, 2.45) is 5.10 Å². The molecule has 1 aliphatic carbocycles. The van der Waals surface area contributed by atoms with Gasteiger partial charge in [0.25, 0.3) is 5.91 Å². The van der Waals surface area contributed by atoms with E-state index < -0.39 is 0 Å². The van der Waals surface area contributed by atoms with Crippen molar-refractivity contribution >= 4 is 23.4 Å². The predicted molar refractivity (Wildman–Crippen MR) is 119 cm³/mol. The van der Waals surface area contributed by atoms with Crippen LogP contribution in [0.15, 0.2) is 71.2 Å². The summed E-state index contributed by atoms with van der Waals surface area (Å²) in [6.45, 7) is 0. The Morgan fingerprint density at radius 3 is 2.61 bits per heavy atom. The van der Waals surface area contributed by atoms with E-state index in [0.29, 0.717) is 12.5 Å². The molecule has 2 heterocycles. The van der Waals surface area contributed by atoms with Gasteiger partial charge in [0.1, 0.15) is 12.1 Å². The van der Waals surface area contributed by atoms with Crippen LogP contribution in [0.1, 0.15) is 42.5 Å². The van der Waals surface area contributed by atoms with Gasteiger partial charge in [-0.05, 0) is 36.1 Å². The predicted octanol–water partition coefficient (Wildman–Crippen LogP) is 4.09. The van der Waals surface area contributed by atoms with Gasteiger partial charge < -0.3 is 9.30 Å². The number of carbonyl (C=O) groups excluding carboxylic acids is 1. The first-order valence-electron chi connectivity index (χ1n) is 10.3. The minimum absolute atomic E-state index is 0.0397. The first-order valence-corrected chi connectivity index (χ1v) is 11.3. The maximum atomic E-state index is 13.2. The van der Waals surface area contributed by atoms with E-state index in [-0.39, 0.29) is 17.7 Å². The smallest absolute Gasteiger partial charge is 0.253 e. The van der Waals surface area contributed by atoms with E-state index in [0.717, 1.165) is 40.6 Å². The summed E-state index contributed by atoms with van der Waals surface area (Å²) < 4.78 is 7.36. The van der Waals surface area contributed by atoms with Crippen LogP contribution in [0.5, 0.6) is 5.75 Å². The molecule has 3 aromatic rings. The van der Waals surface area contributed by atoms with E-state index in [1.807, 2.05) is 54.6 Å². The number of rotatable bonds is 7. The number of methoxy groups -OCH3 is 1. The van der Waals surface area contributed by atoms with Crippen LogP contribution in [0.3, 0.4) is 0 Å². The molecule has 1 amide bonds. The van der Waals surface area contributed by atoms with Crippen LogP contribution in [-0.4, -0.2) is 44.3 Å². The van der Waals surface area contributed by atoms with Gasteiger partial charge >= 0.3 is 0 Å². The van der Waals surface area contributed by atoms with Gasteiger partial charge in [0.15, 0.2) is 5.16 Å². The minimum atomic E-state index is -0.143. The van der Waals surface area contributed by atoms with Gasteiger partial charge in [-0.25, -0.2) is 5.01 Å². The van der Waals surface area contributed by atoms with Gasteiger partial charge in [0.2, 0.25) is 0 Å². The zero-order valence-electron chi connectivity index (χ0n) is 17.2. The van der Waals surface area contributed by atoms with Gasteiger partial charge in [-0.1, -0.05) is 54.2 Å². The molecule has 0 N–H and O–H groups in total. The number of hydrazone groups is 1. The molecule has 1 saturated carbocycles. The highest BCUT2D eigenvalue weighted by Gasteiger charge is 2.33. The summed E-state index contributed by atoms with van der Waals surface area (Å²) in [6.07, 6.45) is 4.73. The highest BCUT2D eigenvalue weighted by Crippen LogP contribution is 2.38. The van der Waals surface area contributed by atoms with E-state index in [9.17, 15) is 4.79 Å². The zero-order chi connectivity index (χ0) is 21.2. The van der Waals surface area contributed by atoms with Crippen LogP contribution in [-0.2, 0) is 4.79 Å². The number of hydrogen-bond donors (Lipinski definition) is 0. The Morgan fingerprint density at radius 2 is 1.90 bits per heavy atom. The van der Waals surface area contributed by atoms with Gasteiger partial charge in [-0.2, -0.15) is 5.10 Å². The fourth-order valence-electron chi connectivity index (χ4n) is 3.76. The van der Waals surface area contributed by atoms with Crippen LogP contribution in [0.2, 0.25) is 0 Å². The zero-order valence-corrected chi connectivity index (χ0v) is 18.0. The lowest BCUT2D eigenvalue weighted by molar-refractivity contribution is -0.130. The third kappa shape index (κ3) is 4.20. The molecule has 0 saturated heterocycles. The topological polar surface area (TPSA) is 72.6 Å². The Morgan fingerprint density at radius 1 is 1.13 bits per heavy atom. The lowest BCUT2D eigenvalue weighted by atomic mass is 9.98. The maximum absolute atomic E-state index is 13.2. The van der Waals surface area contributed by atoms with Crippen LogP contribution in [0.4, 0.5) is 0 Å². The van der Waals surface area contributed by atoms with Crippen LogP contribution in [0, 0.1) is 0 Å². The monoisotopic (exact) mass is 433 g/mol. The van der Waals surface area contributed by atoms with Crippen LogP contribution in [0.25, 0.3) is 0 Å². The second-order valence-corrected chi connectivity index (χ2v) is 8.63. The largest absolute Gasteiger partial charge is 0.497 e. The highest BCUT2D eigenvalue weighted by molar-refractivity contribution is 7.99. The van der Waals surface area contributed by atoms with Crippen molar-refractivity contribution in [2.75, 3.05) is 12.9 Å². The quantitative estimate of drug-likeness (QED) is 0.525. The van der Waals surface area contributed by atoms with E-state index >= 15 is 0 Å². The number of aromatic nitrogens is 3. The number of carbonyl (C=O) groups is 1. The third-order valence-corrected chi connectivity index (χ3v) is 6.52. The number of hydrogen-bond acceptors (Lipinski definition) is 6. The molecule has 1 aromatic heterocycles. The van der Waals surface area contributed by atoms with Crippen molar-refractivity contribution in [3.63, 3.8) is 0 Å². The molecule has 2 aliphatic rings. The molecule has 2 aromatic carbocycles. The fourth-order valence-corrected chi connectivity index (χ4v) is 4.60. The van der Waals surface area contributed by atoms with Gasteiger partial charge in [-0.3, -0.25) is 4.79 Å². The maximum Gasteiger partial charge on any atom is 0.253 e. The lowest BCUT2D eigenvalue weighted by Crippen LogP contribution is -2.28. The molecule has 31 heavy (non-hydrogen) atoms. The molecule has 8 heteroatoms. The van der Waals surface area contributed by atoms with E-state index in [2.05, 4.69) is 14.8 Å². The van der Waals surface area contributed by atoms with Crippen molar-refractivity contribution in [3.05, 3.63) is 72.1 Å². The summed E-state index contributed by atoms with van der Waals surface area (Å²) >= 11 is 1.43. The Hall–Kier alpha value is -3.13. The summed E-state index contributed by atoms with van der Waals surface area (Å²) in [6, 6.07) is 18.2. The first-order chi connectivity index (χ1) is 15.2. The number of amides is 1. The second kappa shape index (κ2) is 8.55. The van der Waals surface area contributed by atoms with Crippen molar-refractivity contribution in [1.82, 2.24) is 19.8 Å². The Bertz CT molecular complexity index is 1090. The summed E-state index contributed by atoms with van der Waals surface area (Å²) in [5.74, 6) is 1.02. The average Bonchev–Trinajstić information content (AvgIpc) is 3.38. The first kappa shape index (κ1) is 19.8. The van der Waals surface area contributed by atoms with Gasteiger partial charge in [0.05, 0.1) is 24.6 Å². The van der Waals surface area contributed by atoms with Crippen molar-refractivity contribution in [1.29, 1.82) is 0 Å². The minimum Gasteiger partial charge on any atom is -0.497 e. The molecule has 5 rings (SSSR count). The number of benzene rings is 2. The number of thioether (sulfide) groups is 1. The lowest BCUT2D eigenvalue weighted by Gasteiger charge is -2.22. The Balaban J connectivity index is 1.37. The average molecular weight is 434 g/mol. The molecule has 1 fully saturated rings. The van der Waals surface area contributed by atoms with E-state index in [1.54, 1.807) is 18.4 Å². The van der Waals surface area contributed by atoms with Crippen molar-refractivity contribution in [3.8, 4) is 5.75 Å². The Labute approximate surface area is 185 Å². The standard InChI is InChI=1S/C23H23N5O2S/c1-30-19-11-7-17(8-12-19)21-13-20(16-5-3-2-4-6-16)26-28(21)22(29)14-31-23-25-24-15-27(23)18-9-10-18/h2-8,11-12,15,18,21H,9-10,13-14H2,1H3. The van der Waals surface area contributed by atoms with E-state index in [1.165, 1.54) is 11.8 Å². The molecular formula is C23H23N5O2S. The van der Waals surface area contributed by atoms with Crippen LogP contribution >= 0.6 is 11.8 Å². The second-order valence-electron chi connectivity index (χ2n) is 7.68. The molecule has 0 bridgehead atoms. The van der Waals surface area contributed by atoms with Crippen molar-refractivity contribution in [2.45, 2.75) is 36.5 Å². The van der Waals surface area contributed by atoms with Crippen molar-refractivity contribution < 1.29 is 9.53 Å². The molecular weight excluding hydrogens is 410 g/mol. The summed E-state index contributed by atoms with van der Waals surface area (Å²) in [7, 11) is 1.65.